The van der Waals surface area contributed by atoms with Crippen LogP contribution in [0.5, 0.6) is 0 Å². The summed E-state index contributed by atoms with van der Waals surface area (Å²) < 4.78 is 0. The SMILES string of the molecule is O=C(CCCCC(=O)C1CCN(c2ccccc2)CC1)NO. The number of hydrogen-bond acceptors (Lipinski definition) is 4. The van der Waals surface area contributed by atoms with Crippen LogP contribution in [0.4, 0.5) is 5.69 Å². The quantitative estimate of drug-likeness (QED) is 0.461. The highest BCUT2D eigenvalue weighted by molar-refractivity contribution is 5.81. The van der Waals surface area contributed by atoms with Crippen LogP contribution in [0.15, 0.2) is 30.3 Å². The Hall–Kier alpha value is -1.88. The van der Waals surface area contributed by atoms with Crippen LogP contribution in [0, 0.1) is 5.92 Å². The van der Waals surface area contributed by atoms with Crippen molar-refractivity contribution in [3.63, 3.8) is 0 Å². The summed E-state index contributed by atoms with van der Waals surface area (Å²) in [6.45, 7) is 1.85. The molecule has 1 aromatic rings. The Morgan fingerprint density at radius 1 is 1.09 bits per heavy atom. The zero-order valence-electron chi connectivity index (χ0n) is 12.8. The molecular weight excluding hydrogens is 280 g/mol. The average molecular weight is 304 g/mol. The van der Waals surface area contributed by atoms with Gasteiger partial charge in [-0.25, -0.2) is 5.48 Å². The first-order valence-corrected chi connectivity index (χ1v) is 7.96. The van der Waals surface area contributed by atoms with Gasteiger partial charge in [0.05, 0.1) is 0 Å². The number of nitrogens with zero attached hydrogens (tertiary/aromatic N) is 1. The average Bonchev–Trinajstić information content (AvgIpc) is 2.59. The molecule has 5 heteroatoms. The molecule has 1 amide bonds. The van der Waals surface area contributed by atoms with Crippen LogP contribution in [0.25, 0.3) is 0 Å². The van der Waals surface area contributed by atoms with E-state index < -0.39 is 0 Å². The Morgan fingerprint density at radius 3 is 2.36 bits per heavy atom. The molecule has 0 atom stereocenters. The number of nitrogens with one attached hydrogen (secondary N) is 1. The van der Waals surface area contributed by atoms with Gasteiger partial charge in [-0.05, 0) is 37.8 Å². The predicted molar refractivity (Wildman–Crippen MR) is 84.8 cm³/mol. The third kappa shape index (κ3) is 4.84. The summed E-state index contributed by atoms with van der Waals surface area (Å²) in [5, 5.41) is 8.39. The van der Waals surface area contributed by atoms with E-state index in [-0.39, 0.29) is 18.2 Å². The molecule has 1 heterocycles. The molecule has 1 aliphatic heterocycles. The van der Waals surface area contributed by atoms with Gasteiger partial charge in [0.25, 0.3) is 0 Å². The molecule has 5 nitrogen and oxygen atoms in total. The fourth-order valence-corrected chi connectivity index (χ4v) is 2.94. The van der Waals surface area contributed by atoms with Crippen molar-refractivity contribution in [1.82, 2.24) is 5.48 Å². The molecule has 1 saturated heterocycles. The number of benzene rings is 1. The van der Waals surface area contributed by atoms with Crippen molar-refractivity contribution in [2.24, 2.45) is 5.92 Å². The highest BCUT2D eigenvalue weighted by atomic mass is 16.5. The van der Waals surface area contributed by atoms with E-state index in [1.807, 2.05) is 18.2 Å². The second kappa shape index (κ2) is 8.54. The Bertz CT molecular complexity index is 482. The number of para-hydroxylation sites is 1. The Balaban J connectivity index is 1.68. The highest BCUT2D eigenvalue weighted by Crippen LogP contribution is 2.24. The molecule has 1 aliphatic rings. The Kier molecular flexibility index (Phi) is 6.40. The summed E-state index contributed by atoms with van der Waals surface area (Å²) in [4.78, 5) is 25.4. The zero-order valence-corrected chi connectivity index (χ0v) is 12.8. The molecule has 0 spiro atoms. The number of piperidine rings is 1. The lowest BCUT2D eigenvalue weighted by Gasteiger charge is -2.33. The molecule has 22 heavy (non-hydrogen) atoms. The first-order chi connectivity index (χ1) is 10.7. The van der Waals surface area contributed by atoms with Crippen LogP contribution in [0.3, 0.4) is 0 Å². The Morgan fingerprint density at radius 2 is 1.73 bits per heavy atom. The van der Waals surface area contributed by atoms with Crippen molar-refractivity contribution < 1.29 is 14.8 Å². The van der Waals surface area contributed by atoms with Crippen molar-refractivity contribution in [1.29, 1.82) is 0 Å². The number of amides is 1. The third-order valence-electron chi connectivity index (χ3n) is 4.27. The Labute approximate surface area is 131 Å². The van der Waals surface area contributed by atoms with E-state index in [1.165, 1.54) is 5.69 Å². The largest absolute Gasteiger partial charge is 0.371 e. The van der Waals surface area contributed by atoms with Crippen LogP contribution >= 0.6 is 0 Å². The van der Waals surface area contributed by atoms with E-state index in [2.05, 4.69) is 17.0 Å². The number of carbonyl (C=O) groups is 2. The fraction of sp³-hybridized carbons (Fsp3) is 0.529. The van der Waals surface area contributed by atoms with Crippen molar-refractivity contribution >= 4 is 17.4 Å². The number of carbonyl (C=O) groups excluding carboxylic acids is 2. The minimum atomic E-state index is -0.386. The summed E-state index contributed by atoms with van der Waals surface area (Å²) in [6, 6.07) is 10.3. The van der Waals surface area contributed by atoms with Crippen LogP contribution < -0.4 is 10.4 Å². The molecule has 120 valence electrons. The molecule has 0 aliphatic carbocycles. The molecule has 2 N–H and O–H groups in total. The van der Waals surface area contributed by atoms with Crippen LogP contribution in [-0.2, 0) is 9.59 Å². The van der Waals surface area contributed by atoms with Crippen molar-refractivity contribution in [2.45, 2.75) is 38.5 Å². The monoisotopic (exact) mass is 304 g/mol. The molecule has 0 unspecified atom stereocenters. The molecule has 0 saturated carbocycles. The van der Waals surface area contributed by atoms with Gasteiger partial charge in [-0.15, -0.1) is 0 Å². The summed E-state index contributed by atoms with van der Waals surface area (Å²) >= 11 is 0. The lowest BCUT2D eigenvalue weighted by atomic mass is 9.89. The summed E-state index contributed by atoms with van der Waals surface area (Å²) in [5.41, 5.74) is 2.83. The molecule has 0 aromatic heterocycles. The van der Waals surface area contributed by atoms with Gasteiger partial charge in [0, 0.05) is 37.5 Å². The topological polar surface area (TPSA) is 69.6 Å². The van der Waals surface area contributed by atoms with Gasteiger partial charge in [0.15, 0.2) is 0 Å². The lowest BCUT2D eigenvalue weighted by molar-refractivity contribution is -0.129. The molecule has 1 fully saturated rings. The minimum absolute atomic E-state index is 0.159. The molecular formula is C17H24N2O3. The number of Topliss-reactive ketones (excluding diaryl/α,β-unsaturated/α-hetero) is 1. The van der Waals surface area contributed by atoms with Gasteiger partial charge >= 0.3 is 0 Å². The maximum absolute atomic E-state index is 12.2. The van der Waals surface area contributed by atoms with E-state index in [1.54, 1.807) is 5.48 Å². The number of anilines is 1. The number of ketones is 1. The van der Waals surface area contributed by atoms with Crippen molar-refractivity contribution in [3.8, 4) is 0 Å². The number of unbranched alkanes of at least 4 members (excludes halogenated alkanes) is 1. The summed E-state index contributed by atoms with van der Waals surface area (Å²) in [5.74, 6) is 0.0902. The molecule has 0 bridgehead atoms. The highest BCUT2D eigenvalue weighted by Gasteiger charge is 2.24. The van der Waals surface area contributed by atoms with Gasteiger partial charge < -0.3 is 4.90 Å². The van der Waals surface area contributed by atoms with E-state index in [9.17, 15) is 9.59 Å². The van der Waals surface area contributed by atoms with E-state index >= 15 is 0 Å². The third-order valence-corrected chi connectivity index (χ3v) is 4.27. The first kappa shape index (κ1) is 16.5. The fourth-order valence-electron chi connectivity index (χ4n) is 2.94. The van der Waals surface area contributed by atoms with E-state index in [4.69, 9.17) is 5.21 Å². The standard InChI is InChI=1S/C17H24N2O3/c20-16(8-4-5-9-17(21)18-22)14-10-12-19(13-11-14)15-6-2-1-3-7-15/h1-3,6-7,14,22H,4-5,8-13H2,(H,18,21). The predicted octanol–water partition coefficient (Wildman–Crippen LogP) is 2.54. The van der Waals surface area contributed by atoms with Crippen molar-refractivity contribution in [2.75, 3.05) is 18.0 Å². The molecule has 2 rings (SSSR count). The maximum atomic E-state index is 12.2. The van der Waals surface area contributed by atoms with E-state index in [0.29, 0.717) is 25.0 Å². The van der Waals surface area contributed by atoms with E-state index in [0.717, 1.165) is 25.9 Å². The first-order valence-electron chi connectivity index (χ1n) is 7.96. The lowest BCUT2D eigenvalue weighted by Crippen LogP contribution is -2.36. The van der Waals surface area contributed by atoms with Crippen LogP contribution in [-0.4, -0.2) is 30.0 Å². The van der Waals surface area contributed by atoms with Gasteiger partial charge in [0.1, 0.15) is 5.78 Å². The second-order valence-electron chi connectivity index (χ2n) is 5.81. The smallest absolute Gasteiger partial charge is 0.243 e. The van der Waals surface area contributed by atoms with Crippen LogP contribution in [0.2, 0.25) is 0 Å². The minimum Gasteiger partial charge on any atom is -0.371 e. The maximum Gasteiger partial charge on any atom is 0.243 e. The second-order valence-corrected chi connectivity index (χ2v) is 5.81. The van der Waals surface area contributed by atoms with Crippen molar-refractivity contribution in [3.05, 3.63) is 30.3 Å². The molecule has 1 aromatic carbocycles. The molecule has 0 radical (unpaired) electrons. The number of hydrogen-bond donors (Lipinski definition) is 2. The van der Waals surface area contributed by atoms with Gasteiger partial charge in [-0.3, -0.25) is 14.8 Å². The van der Waals surface area contributed by atoms with Gasteiger partial charge in [-0.1, -0.05) is 18.2 Å². The normalized spacial score (nSPS) is 15.6. The zero-order chi connectivity index (χ0) is 15.8. The van der Waals surface area contributed by atoms with Gasteiger partial charge in [-0.2, -0.15) is 0 Å². The summed E-state index contributed by atoms with van der Waals surface area (Å²) in [6.07, 6.45) is 3.98. The number of rotatable bonds is 7. The van der Waals surface area contributed by atoms with Gasteiger partial charge in [0.2, 0.25) is 5.91 Å². The van der Waals surface area contributed by atoms with Crippen LogP contribution in [0.1, 0.15) is 38.5 Å². The number of hydroxylamine groups is 1. The summed E-state index contributed by atoms with van der Waals surface area (Å²) in [7, 11) is 0.